The summed E-state index contributed by atoms with van der Waals surface area (Å²) in [5.74, 6) is 2.23. The van der Waals surface area contributed by atoms with E-state index in [-0.39, 0.29) is 5.54 Å². The van der Waals surface area contributed by atoms with Gasteiger partial charge in [-0.15, -0.1) is 0 Å². The molecule has 32 heavy (non-hydrogen) atoms. The Morgan fingerprint density at radius 2 is 1.62 bits per heavy atom. The van der Waals surface area contributed by atoms with Crippen molar-refractivity contribution in [3.05, 3.63) is 57.6 Å². The standard InChI is InChI=1S/C27H33Cl2NO2/c1-25-10-19-11-26(2,15-25)17-27(12-19,16-25)30-13-20-8-23(31-3)24(9-22(20)29)32-14-18-4-6-21(28)7-5-18/h4-9,19,30H,10-17H2,1-3H3. The Labute approximate surface area is 201 Å². The van der Waals surface area contributed by atoms with Crippen LogP contribution in [0.4, 0.5) is 0 Å². The van der Waals surface area contributed by atoms with Crippen LogP contribution in [-0.4, -0.2) is 12.6 Å². The predicted molar refractivity (Wildman–Crippen MR) is 131 cm³/mol. The fraction of sp³-hybridized carbons (Fsp3) is 0.556. The van der Waals surface area contributed by atoms with Crippen LogP contribution in [0.25, 0.3) is 0 Å². The van der Waals surface area contributed by atoms with E-state index in [1.54, 1.807) is 7.11 Å². The Morgan fingerprint density at radius 1 is 0.938 bits per heavy atom. The maximum Gasteiger partial charge on any atom is 0.163 e. The fourth-order valence-corrected chi connectivity index (χ4v) is 8.00. The number of nitrogens with one attached hydrogen (secondary N) is 1. The van der Waals surface area contributed by atoms with Crippen molar-refractivity contribution >= 4 is 23.2 Å². The lowest BCUT2D eigenvalue weighted by Crippen LogP contribution is -2.63. The first-order valence-corrected chi connectivity index (χ1v) is 12.4. The van der Waals surface area contributed by atoms with Gasteiger partial charge in [0.1, 0.15) is 6.61 Å². The second-order valence-electron chi connectivity index (χ2n) is 11.3. The van der Waals surface area contributed by atoms with Crippen LogP contribution >= 0.6 is 23.2 Å². The van der Waals surface area contributed by atoms with Crippen molar-refractivity contribution in [2.45, 2.75) is 71.1 Å². The third-order valence-electron chi connectivity index (χ3n) is 7.92. The molecule has 2 aromatic carbocycles. The zero-order valence-corrected chi connectivity index (χ0v) is 20.8. The van der Waals surface area contributed by atoms with E-state index in [1.807, 2.05) is 36.4 Å². The molecule has 4 fully saturated rings. The molecule has 0 aliphatic heterocycles. The molecule has 6 rings (SSSR count). The van der Waals surface area contributed by atoms with Gasteiger partial charge in [-0.05, 0) is 84.6 Å². The van der Waals surface area contributed by atoms with Gasteiger partial charge in [0.15, 0.2) is 11.5 Å². The van der Waals surface area contributed by atoms with Crippen molar-refractivity contribution in [2.24, 2.45) is 16.7 Å². The van der Waals surface area contributed by atoms with Gasteiger partial charge in [-0.2, -0.15) is 0 Å². The van der Waals surface area contributed by atoms with Crippen molar-refractivity contribution in [1.29, 1.82) is 0 Å². The van der Waals surface area contributed by atoms with Crippen molar-refractivity contribution < 1.29 is 9.47 Å². The Kier molecular flexibility index (Phi) is 5.67. The molecule has 172 valence electrons. The summed E-state index contributed by atoms with van der Waals surface area (Å²) in [5, 5.41) is 5.41. The number of ether oxygens (including phenoxy) is 2. The molecule has 4 saturated carbocycles. The van der Waals surface area contributed by atoms with Crippen LogP contribution in [0, 0.1) is 16.7 Å². The largest absolute Gasteiger partial charge is 0.493 e. The van der Waals surface area contributed by atoms with E-state index in [0.717, 1.165) is 23.6 Å². The molecule has 4 aliphatic rings. The lowest BCUT2D eigenvalue weighted by molar-refractivity contribution is -0.118. The van der Waals surface area contributed by atoms with Crippen LogP contribution in [0.1, 0.15) is 63.5 Å². The second kappa shape index (κ2) is 8.11. The highest BCUT2D eigenvalue weighted by Crippen LogP contribution is 2.66. The van der Waals surface area contributed by atoms with Gasteiger partial charge in [0, 0.05) is 28.2 Å². The Hall–Kier alpha value is -1.42. The normalized spacial score (nSPS) is 32.8. The summed E-state index contributed by atoms with van der Waals surface area (Å²) in [6.45, 7) is 6.21. The minimum atomic E-state index is 0.239. The quantitative estimate of drug-likeness (QED) is 0.453. The van der Waals surface area contributed by atoms with E-state index >= 15 is 0 Å². The zero-order valence-electron chi connectivity index (χ0n) is 19.3. The first kappa shape index (κ1) is 22.4. The number of hydrogen-bond acceptors (Lipinski definition) is 3. The summed E-state index contributed by atoms with van der Waals surface area (Å²) in [6, 6.07) is 11.6. The molecular weight excluding hydrogens is 441 g/mol. The van der Waals surface area contributed by atoms with Crippen molar-refractivity contribution in [1.82, 2.24) is 5.32 Å². The van der Waals surface area contributed by atoms with E-state index in [0.29, 0.717) is 39.0 Å². The molecule has 0 amide bonds. The summed E-state index contributed by atoms with van der Waals surface area (Å²) in [7, 11) is 1.68. The summed E-state index contributed by atoms with van der Waals surface area (Å²) in [6.07, 6.45) is 8.05. The van der Waals surface area contributed by atoms with Gasteiger partial charge in [-0.25, -0.2) is 0 Å². The minimum Gasteiger partial charge on any atom is -0.493 e. The monoisotopic (exact) mass is 473 g/mol. The minimum absolute atomic E-state index is 0.239. The molecule has 2 unspecified atom stereocenters. The first-order chi connectivity index (χ1) is 15.2. The van der Waals surface area contributed by atoms with E-state index < -0.39 is 0 Å². The van der Waals surface area contributed by atoms with Crippen molar-refractivity contribution in [2.75, 3.05) is 7.11 Å². The summed E-state index contributed by atoms with van der Waals surface area (Å²) in [5.41, 5.74) is 3.32. The van der Waals surface area contributed by atoms with Gasteiger partial charge in [0.05, 0.1) is 7.11 Å². The zero-order chi connectivity index (χ0) is 22.6. The molecule has 0 heterocycles. The van der Waals surface area contributed by atoms with E-state index in [4.69, 9.17) is 32.7 Å². The summed E-state index contributed by atoms with van der Waals surface area (Å²) in [4.78, 5) is 0. The van der Waals surface area contributed by atoms with Gasteiger partial charge in [0.25, 0.3) is 0 Å². The highest BCUT2D eigenvalue weighted by Gasteiger charge is 2.59. The molecule has 4 bridgehead atoms. The third-order valence-corrected chi connectivity index (χ3v) is 8.52. The average Bonchev–Trinajstić information content (AvgIpc) is 2.70. The molecule has 5 heteroatoms. The molecule has 2 aromatic rings. The van der Waals surface area contributed by atoms with Gasteiger partial charge < -0.3 is 14.8 Å². The van der Waals surface area contributed by atoms with Crippen LogP contribution in [0.5, 0.6) is 11.5 Å². The molecule has 1 N–H and O–H groups in total. The predicted octanol–water partition coefficient (Wildman–Crippen LogP) is 7.42. The molecule has 0 saturated heterocycles. The highest BCUT2D eigenvalue weighted by atomic mass is 35.5. The topological polar surface area (TPSA) is 30.5 Å². The fourth-order valence-electron chi connectivity index (χ4n) is 7.65. The van der Waals surface area contributed by atoms with Crippen LogP contribution < -0.4 is 14.8 Å². The highest BCUT2D eigenvalue weighted by molar-refractivity contribution is 6.31. The maximum atomic E-state index is 6.71. The molecule has 0 spiro atoms. The van der Waals surface area contributed by atoms with Gasteiger partial charge in [-0.3, -0.25) is 0 Å². The smallest absolute Gasteiger partial charge is 0.163 e. The Balaban J connectivity index is 1.30. The third kappa shape index (κ3) is 4.36. The van der Waals surface area contributed by atoms with Crippen LogP contribution in [0.15, 0.2) is 36.4 Å². The van der Waals surface area contributed by atoms with Gasteiger partial charge in [0.2, 0.25) is 0 Å². The van der Waals surface area contributed by atoms with Crippen molar-refractivity contribution in [3.8, 4) is 11.5 Å². The number of hydrogen-bond donors (Lipinski definition) is 1. The number of halogens is 2. The molecular formula is C27H33Cl2NO2. The number of rotatable bonds is 7. The molecule has 0 aromatic heterocycles. The number of benzene rings is 2. The Bertz CT molecular complexity index is 987. The van der Waals surface area contributed by atoms with Crippen LogP contribution in [-0.2, 0) is 13.2 Å². The summed E-state index contributed by atoms with van der Waals surface area (Å²) >= 11 is 12.7. The van der Waals surface area contributed by atoms with Crippen molar-refractivity contribution in [3.63, 3.8) is 0 Å². The maximum absolute atomic E-state index is 6.71. The Morgan fingerprint density at radius 3 is 2.25 bits per heavy atom. The SMILES string of the molecule is COc1cc(CNC23CC4CC(C)(CC(C)(C4)C2)C3)c(Cl)cc1OCc1ccc(Cl)cc1. The lowest BCUT2D eigenvalue weighted by Gasteiger charge is -2.65. The van der Waals surface area contributed by atoms with E-state index in [1.165, 1.54) is 38.5 Å². The van der Waals surface area contributed by atoms with Gasteiger partial charge >= 0.3 is 0 Å². The summed E-state index contributed by atoms with van der Waals surface area (Å²) < 4.78 is 11.7. The average molecular weight is 474 g/mol. The number of methoxy groups -OCH3 is 1. The lowest BCUT2D eigenvalue weighted by atomic mass is 9.43. The first-order valence-electron chi connectivity index (χ1n) is 11.7. The molecule has 4 aliphatic carbocycles. The molecule has 3 nitrogen and oxygen atoms in total. The van der Waals surface area contributed by atoms with Crippen LogP contribution in [0.2, 0.25) is 10.0 Å². The van der Waals surface area contributed by atoms with Gasteiger partial charge in [-0.1, -0.05) is 49.2 Å². The molecule has 0 radical (unpaired) electrons. The molecule has 2 atom stereocenters. The van der Waals surface area contributed by atoms with E-state index in [2.05, 4.69) is 19.2 Å². The van der Waals surface area contributed by atoms with Crippen LogP contribution in [0.3, 0.4) is 0 Å². The van der Waals surface area contributed by atoms with E-state index in [9.17, 15) is 0 Å². The second-order valence-corrected chi connectivity index (χ2v) is 12.1.